The summed E-state index contributed by atoms with van der Waals surface area (Å²) in [5, 5.41) is 8.83. The summed E-state index contributed by atoms with van der Waals surface area (Å²) in [6.07, 6.45) is -0.0391. The van der Waals surface area contributed by atoms with E-state index in [0.717, 1.165) is 0 Å². The first-order valence-electron chi connectivity index (χ1n) is 5.98. The van der Waals surface area contributed by atoms with E-state index in [9.17, 15) is 14.0 Å². The maximum Gasteiger partial charge on any atom is 0.324 e. The number of urea groups is 1. The predicted molar refractivity (Wildman–Crippen MR) is 67.5 cm³/mol. The van der Waals surface area contributed by atoms with Crippen LogP contribution in [0, 0.1) is 11.7 Å². The van der Waals surface area contributed by atoms with Crippen molar-refractivity contribution in [2.45, 2.75) is 6.42 Å². The van der Waals surface area contributed by atoms with Gasteiger partial charge in [0, 0.05) is 26.1 Å². The molecule has 1 aromatic carbocycles. The molecule has 19 heavy (non-hydrogen) atoms. The molecular weight excluding hydrogens is 251 g/mol. The second-order valence-corrected chi connectivity index (χ2v) is 4.69. The fourth-order valence-electron chi connectivity index (χ4n) is 2.31. The molecule has 0 bridgehead atoms. The quantitative estimate of drug-likeness (QED) is 0.907. The number of benzene rings is 1. The number of amides is 2. The highest BCUT2D eigenvalue weighted by Crippen LogP contribution is 2.25. The van der Waals surface area contributed by atoms with Crippen LogP contribution >= 0.6 is 0 Å². The average Bonchev–Trinajstić information content (AvgIpc) is 2.34. The number of aliphatic carboxylic acids is 1. The molecule has 1 N–H and O–H groups in total. The van der Waals surface area contributed by atoms with E-state index in [4.69, 9.17) is 5.11 Å². The van der Waals surface area contributed by atoms with Crippen molar-refractivity contribution in [1.29, 1.82) is 0 Å². The van der Waals surface area contributed by atoms with Gasteiger partial charge in [-0.15, -0.1) is 0 Å². The van der Waals surface area contributed by atoms with E-state index in [1.807, 2.05) is 0 Å². The third-order valence-electron chi connectivity index (χ3n) is 3.14. The largest absolute Gasteiger partial charge is 0.481 e. The molecule has 1 unspecified atom stereocenters. The highest BCUT2D eigenvalue weighted by Gasteiger charge is 2.32. The number of halogens is 1. The van der Waals surface area contributed by atoms with Crippen LogP contribution in [0.2, 0.25) is 0 Å². The summed E-state index contributed by atoms with van der Waals surface area (Å²) in [6.45, 7) is 0.590. The average molecular weight is 266 g/mol. The molecule has 1 heterocycles. The number of carboxylic acids is 1. The second kappa shape index (κ2) is 5.26. The fourth-order valence-corrected chi connectivity index (χ4v) is 2.31. The lowest BCUT2D eigenvalue weighted by molar-refractivity contribution is -0.138. The van der Waals surface area contributed by atoms with E-state index < -0.39 is 11.8 Å². The first-order chi connectivity index (χ1) is 8.99. The minimum atomic E-state index is -0.916. The van der Waals surface area contributed by atoms with Gasteiger partial charge >= 0.3 is 12.0 Å². The van der Waals surface area contributed by atoms with Crippen molar-refractivity contribution in [2.75, 3.05) is 25.0 Å². The Labute approximate surface area is 110 Å². The second-order valence-electron chi connectivity index (χ2n) is 4.69. The van der Waals surface area contributed by atoms with Crippen molar-refractivity contribution in [3.05, 3.63) is 30.1 Å². The molecule has 0 radical (unpaired) electrons. The van der Waals surface area contributed by atoms with Gasteiger partial charge in [-0.25, -0.2) is 9.18 Å². The molecule has 2 rings (SSSR count). The minimum absolute atomic E-state index is 0.0391. The molecule has 1 aromatic rings. The van der Waals surface area contributed by atoms with E-state index in [2.05, 4.69) is 0 Å². The highest BCUT2D eigenvalue weighted by molar-refractivity contribution is 5.93. The Bertz CT molecular complexity index is 506. The molecule has 1 atom stereocenters. The fraction of sp³-hybridized carbons (Fsp3) is 0.385. The molecule has 0 aliphatic carbocycles. The van der Waals surface area contributed by atoms with Crippen molar-refractivity contribution < 1.29 is 19.1 Å². The number of hydrogen-bond donors (Lipinski definition) is 1. The number of carbonyl (C=O) groups excluding carboxylic acids is 1. The number of carbonyl (C=O) groups is 2. The standard InChI is InChI=1S/C13H15FN2O3/c1-15-7-9(6-12(17)18)8-16(13(15)19)11-5-3-2-4-10(11)14/h2-5,9H,6-8H2,1H3,(H,17,18). The number of anilines is 1. The molecule has 0 aromatic heterocycles. The monoisotopic (exact) mass is 266 g/mol. The molecule has 1 aliphatic rings. The van der Waals surface area contributed by atoms with Crippen LogP contribution < -0.4 is 4.90 Å². The minimum Gasteiger partial charge on any atom is -0.481 e. The van der Waals surface area contributed by atoms with E-state index >= 15 is 0 Å². The lowest BCUT2D eigenvalue weighted by atomic mass is 10.0. The first kappa shape index (κ1) is 13.3. The van der Waals surface area contributed by atoms with Crippen molar-refractivity contribution >= 4 is 17.7 Å². The van der Waals surface area contributed by atoms with Crippen LogP contribution in [0.4, 0.5) is 14.9 Å². The van der Waals surface area contributed by atoms with E-state index in [1.54, 1.807) is 19.2 Å². The summed E-state index contributed by atoms with van der Waals surface area (Å²) in [4.78, 5) is 25.5. The van der Waals surface area contributed by atoms with Gasteiger partial charge < -0.3 is 10.0 Å². The molecule has 1 aliphatic heterocycles. The van der Waals surface area contributed by atoms with Gasteiger partial charge in [0.05, 0.1) is 12.1 Å². The molecule has 0 saturated carbocycles. The summed E-state index contributed by atoms with van der Waals surface area (Å²) in [5.41, 5.74) is 0.189. The number of hydrogen-bond acceptors (Lipinski definition) is 2. The SMILES string of the molecule is CN1CC(CC(=O)O)CN(c2ccccc2F)C1=O. The van der Waals surface area contributed by atoms with Crippen molar-refractivity contribution in [3.8, 4) is 0 Å². The van der Waals surface area contributed by atoms with E-state index in [0.29, 0.717) is 6.54 Å². The van der Waals surface area contributed by atoms with Crippen LogP contribution in [0.3, 0.4) is 0 Å². The molecule has 1 fully saturated rings. The Morgan fingerprint density at radius 2 is 2.11 bits per heavy atom. The van der Waals surface area contributed by atoms with Crippen molar-refractivity contribution in [2.24, 2.45) is 5.92 Å². The number of rotatable bonds is 3. The smallest absolute Gasteiger partial charge is 0.324 e. The molecule has 1 saturated heterocycles. The van der Waals surface area contributed by atoms with Crippen molar-refractivity contribution in [3.63, 3.8) is 0 Å². The number of nitrogens with zero attached hydrogens (tertiary/aromatic N) is 2. The molecular formula is C13H15FN2O3. The van der Waals surface area contributed by atoms with Gasteiger partial charge in [0.1, 0.15) is 5.82 Å². The third kappa shape index (κ3) is 2.83. The Kier molecular flexibility index (Phi) is 3.69. The predicted octanol–water partition coefficient (Wildman–Crippen LogP) is 1.79. The zero-order valence-electron chi connectivity index (χ0n) is 10.5. The zero-order valence-corrected chi connectivity index (χ0v) is 10.5. The van der Waals surface area contributed by atoms with Crippen LogP contribution in [-0.2, 0) is 4.79 Å². The van der Waals surface area contributed by atoms with Gasteiger partial charge in [-0.2, -0.15) is 0 Å². The van der Waals surface area contributed by atoms with Gasteiger partial charge in [-0.3, -0.25) is 9.69 Å². The normalized spacial score (nSPS) is 19.7. The first-order valence-corrected chi connectivity index (χ1v) is 5.98. The number of para-hydroxylation sites is 1. The van der Waals surface area contributed by atoms with Crippen LogP contribution in [0.15, 0.2) is 24.3 Å². The van der Waals surface area contributed by atoms with E-state index in [-0.39, 0.29) is 30.6 Å². The summed E-state index contributed by atoms with van der Waals surface area (Å²) in [5.74, 6) is -1.61. The number of carboxylic acid groups (broad SMARTS) is 1. The third-order valence-corrected chi connectivity index (χ3v) is 3.14. The molecule has 5 nitrogen and oxygen atoms in total. The Balaban J connectivity index is 2.25. The van der Waals surface area contributed by atoms with Crippen LogP contribution in [0.1, 0.15) is 6.42 Å². The van der Waals surface area contributed by atoms with Gasteiger partial charge in [0.2, 0.25) is 0 Å². The Morgan fingerprint density at radius 1 is 1.42 bits per heavy atom. The van der Waals surface area contributed by atoms with Gasteiger partial charge in [-0.1, -0.05) is 12.1 Å². The molecule has 6 heteroatoms. The molecule has 0 spiro atoms. The van der Waals surface area contributed by atoms with Gasteiger partial charge in [-0.05, 0) is 12.1 Å². The lowest BCUT2D eigenvalue weighted by Gasteiger charge is -2.37. The van der Waals surface area contributed by atoms with Crippen molar-refractivity contribution in [1.82, 2.24) is 4.90 Å². The molecule has 102 valence electrons. The summed E-state index contributed by atoms with van der Waals surface area (Å²) in [7, 11) is 1.59. The summed E-state index contributed by atoms with van der Waals surface area (Å²) < 4.78 is 13.7. The maximum absolute atomic E-state index is 13.7. The van der Waals surface area contributed by atoms with Gasteiger partial charge in [0.25, 0.3) is 0 Å². The van der Waals surface area contributed by atoms with Crippen LogP contribution in [0.5, 0.6) is 0 Å². The summed E-state index contributed by atoms with van der Waals surface area (Å²) >= 11 is 0. The van der Waals surface area contributed by atoms with E-state index in [1.165, 1.54) is 21.9 Å². The Morgan fingerprint density at radius 3 is 2.74 bits per heavy atom. The highest BCUT2D eigenvalue weighted by atomic mass is 19.1. The van der Waals surface area contributed by atoms with Crippen LogP contribution in [0.25, 0.3) is 0 Å². The van der Waals surface area contributed by atoms with Crippen LogP contribution in [-0.4, -0.2) is 42.1 Å². The molecule has 2 amide bonds. The topological polar surface area (TPSA) is 60.9 Å². The van der Waals surface area contributed by atoms with Gasteiger partial charge in [0.15, 0.2) is 0 Å². The zero-order chi connectivity index (χ0) is 14.0. The lowest BCUT2D eigenvalue weighted by Crippen LogP contribution is -2.52. The Hall–Kier alpha value is -2.11. The maximum atomic E-state index is 13.7. The summed E-state index contributed by atoms with van der Waals surface area (Å²) in [6, 6.07) is 5.68.